The van der Waals surface area contributed by atoms with E-state index >= 15 is 0 Å². The molecule has 2 fully saturated rings. The highest BCUT2D eigenvalue weighted by Gasteiger charge is 2.38. The lowest BCUT2D eigenvalue weighted by atomic mass is 9.81. The van der Waals surface area contributed by atoms with Crippen molar-refractivity contribution in [2.75, 3.05) is 39.4 Å². The molecule has 0 aromatic heterocycles. The Kier molecular flexibility index (Phi) is 4.36. The summed E-state index contributed by atoms with van der Waals surface area (Å²) in [6, 6.07) is 0. The van der Waals surface area contributed by atoms with Crippen LogP contribution in [0.15, 0.2) is 0 Å². The van der Waals surface area contributed by atoms with Crippen LogP contribution < -0.4 is 5.32 Å². The van der Waals surface area contributed by atoms with Crippen LogP contribution in [-0.4, -0.2) is 56.0 Å². The molecular formula is C14H26N2O3. The van der Waals surface area contributed by atoms with Crippen molar-refractivity contribution in [1.29, 1.82) is 0 Å². The van der Waals surface area contributed by atoms with Crippen LogP contribution in [0.4, 0.5) is 4.79 Å². The number of nitrogens with zero attached hydrogens (tertiary/aromatic N) is 1. The van der Waals surface area contributed by atoms with Gasteiger partial charge in [-0.05, 0) is 40.2 Å². The van der Waals surface area contributed by atoms with Gasteiger partial charge in [-0.2, -0.15) is 0 Å². The molecule has 19 heavy (non-hydrogen) atoms. The van der Waals surface area contributed by atoms with Crippen LogP contribution in [-0.2, 0) is 9.47 Å². The van der Waals surface area contributed by atoms with Gasteiger partial charge in [0, 0.05) is 25.0 Å². The second kappa shape index (κ2) is 5.67. The highest BCUT2D eigenvalue weighted by Crippen LogP contribution is 2.30. The molecule has 1 atom stereocenters. The fourth-order valence-corrected chi connectivity index (χ4v) is 2.76. The normalized spacial score (nSPS) is 29.1. The van der Waals surface area contributed by atoms with Gasteiger partial charge in [0.1, 0.15) is 5.60 Å². The van der Waals surface area contributed by atoms with Gasteiger partial charge in [-0.1, -0.05) is 0 Å². The van der Waals surface area contributed by atoms with E-state index in [1.165, 1.54) is 0 Å². The molecule has 0 bridgehead atoms. The van der Waals surface area contributed by atoms with Crippen molar-refractivity contribution in [2.45, 2.75) is 39.2 Å². The largest absolute Gasteiger partial charge is 0.444 e. The molecule has 2 aliphatic rings. The summed E-state index contributed by atoms with van der Waals surface area (Å²) in [5.41, 5.74) is -0.381. The lowest BCUT2D eigenvalue weighted by Gasteiger charge is -2.39. The summed E-state index contributed by atoms with van der Waals surface area (Å²) in [5, 5.41) is 3.42. The van der Waals surface area contributed by atoms with Gasteiger partial charge >= 0.3 is 6.09 Å². The third kappa shape index (κ3) is 4.08. The zero-order chi connectivity index (χ0) is 13.9. The second-order valence-electron chi connectivity index (χ2n) is 6.73. The molecule has 1 unspecified atom stereocenters. The molecule has 0 aliphatic carbocycles. The van der Waals surface area contributed by atoms with E-state index in [-0.39, 0.29) is 11.5 Å². The van der Waals surface area contributed by atoms with Crippen LogP contribution in [0.5, 0.6) is 0 Å². The molecule has 2 saturated heterocycles. The van der Waals surface area contributed by atoms with Crippen LogP contribution >= 0.6 is 0 Å². The molecule has 1 N–H and O–H groups in total. The van der Waals surface area contributed by atoms with Gasteiger partial charge in [-0.15, -0.1) is 0 Å². The third-order valence-electron chi connectivity index (χ3n) is 3.65. The van der Waals surface area contributed by atoms with Gasteiger partial charge < -0.3 is 19.7 Å². The molecule has 0 aromatic rings. The maximum absolute atomic E-state index is 12.2. The Morgan fingerprint density at radius 1 is 1.42 bits per heavy atom. The quantitative estimate of drug-likeness (QED) is 0.727. The van der Waals surface area contributed by atoms with Gasteiger partial charge in [-0.25, -0.2) is 4.79 Å². The van der Waals surface area contributed by atoms with Gasteiger partial charge in [-0.3, -0.25) is 0 Å². The maximum atomic E-state index is 12.2. The average Bonchev–Trinajstić information content (AvgIpc) is 2.51. The lowest BCUT2D eigenvalue weighted by molar-refractivity contribution is 0.0156. The smallest absolute Gasteiger partial charge is 0.410 e. The first-order valence-electron chi connectivity index (χ1n) is 7.17. The summed E-state index contributed by atoms with van der Waals surface area (Å²) < 4.78 is 11.2. The van der Waals surface area contributed by atoms with Crippen molar-refractivity contribution in [3.05, 3.63) is 0 Å². The molecule has 0 radical (unpaired) electrons. The molecule has 2 aliphatic heterocycles. The fraction of sp³-hybridized carbons (Fsp3) is 0.929. The van der Waals surface area contributed by atoms with E-state index in [4.69, 9.17) is 9.47 Å². The SMILES string of the molecule is CC(C)(C)OC(=O)N1CCOCC2(CCCNC2)C1. The fourth-order valence-electron chi connectivity index (χ4n) is 2.76. The van der Waals surface area contributed by atoms with Crippen LogP contribution in [0, 0.1) is 5.41 Å². The van der Waals surface area contributed by atoms with Gasteiger partial charge in [0.2, 0.25) is 0 Å². The first kappa shape index (κ1) is 14.6. The standard InChI is InChI=1S/C14H26N2O3/c1-13(2,3)19-12(17)16-7-8-18-11-14(10-16)5-4-6-15-9-14/h15H,4-11H2,1-3H3. The number of ether oxygens (including phenoxy) is 2. The van der Waals surface area contributed by atoms with Gasteiger partial charge in [0.25, 0.3) is 0 Å². The molecule has 0 saturated carbocycles. The summed E-state index contributed by atoms with van der Waals surface area (Å²) in [4.78, 5) is 14.0. The highest BCUT2D eigenvalue weighted by molar-refractivity contribution is 5.68. The Bertz CT molecular complexity index is 319. The topological polar surface area (TPSA) is 50.8 Å². The van der Waals surface area contributed by atoms with Crippen molar-refractivity contribution < 1.29 is 14.3 Å². The number of rotatable bonds is 0. The summed E-state index contributed by atoms with van der Waals surface area (Å²) in [6.45, 7) is 10.4. The molecule has 5 nitrogen and oxygen atoms in total. The molecular weight excluding hydrogens is 244 g/mol. The van der Waals surface area contributed by atoms with E-state index in [0.717, 1.165) is 39.1 Å². The van der Waals surface area contributed by atoms with Crippen molar-refractivity contribution in [3.63, 3.8) is 0 Å². The van der Waals surface area contributed by atoms with Crippen molar-refractivity contribution in [1.82, 2.24) is 10.2 Å². The van der Waals surface area contributed by atoms with Crippen LogP contribution in [0.25, 0.3) is 0 Å². The first-order chi connectivity index (χ1) is 8.90. The number of carbonyl (C=O) groups is 1. The predicted molar refractivity (Wildman–Crippen MR) is 73.2 cm³/mol. The summed E-state index contributed by atoms with van der Waals surface area (Å²) in [6.07, 6.45) is 2.04. The third-order valence-corrected chi connectivity index (χ3v) is 3.65. The minimum absolute atomic E-state index is 0.0612. The Labute approximate surface area is 115 Å². The zero-order valence-electron chi connectivity index (χ0n) is 12.3. The summed E-state index contributed by atoms with van der Waals surface area (Å²) in [5.74, 6) is 0. The minimum Gasteiger partial charge on any atom is -0.444 e. The van der Waals surface area contributed by atoms with Crippen molar-refractivity contribution in [3.8, 4) is 0 Å². The molecule has 0 aromatic carbocycles. The van der Waals surface area contributed by atoms with E-state index in [0.29, 0.717) is 13.2 Å². The maximum Gasteiger partial charge on any atom is 0.410 e. The van der Waals surface area contributed by atoms with E-state index in [1.807, 2.05) is 25.7 Å². The Morgan fingerprint density at radius 2 is 2.21 bits per heavy atom. The number of nitrogens with one attached hydrogen (secondary N) is 1. The number of amides is 1. The van der Waals surface area contributed by atoms with Crippen molar-refractivity contribution >= 4 is 6.09 Å². The van der Waals surface area contributed by atoms with E-state index in [2.05, 4.69) is 5.32 Å². The number of hydrogen-bond donors (Lipinski definition) is 1. The minimum atomic E-state index is -0.442. The molecule has 5 heteroatoms. The lowest BCUT2D eigenvalue weighted by Crippen LogP contribution is -2.50. The number of piperidine rings is 1. The summed E-state index contributed by atoms with van der Waals surface area (Å²) >= 11 is 0. The first-order valence-corrected chi connectivity index (χ1v) is 7.17. The Morgan fingerprint density at radius 3 is 2.84 bits per heavy atom. The van der Waals surface area contributed by atoms with Crippen LogP contribution in [0.2, 0.25) is 0 Å². The predicted octanol–water partition coefficient (Wildman–Crippen LogP) is 1.62. The van der Waals surface area contributed by atoms with E-state index in [9.17, 15) is 4.79 Å². The average molecular weight is 270 g/mol. The van der Waals surface area contributed by atoms with Crippen LogP contribution in [0.3, 0.4) is 0 Å². The van der Waals surface area contributed by atoms with Crippen LogP contribution in [0.1, 0.15) is 33.6 Å². The molecule has 1 amide bonds. The van der Waals surface area contributed by atoms with E-state index < -0.39 is 5.60 Å². The number of carbonyl (C=O) groups excluding carboxylic acids is 1. The Balaban J connectivity index is 2.01. The number of hydrogen-bond acceptors (Lipinski definition) is 4. The summed E-state index contributed by atoms with van der Waals surface area (Å²) in [7, 11) is 0. The Hall–Kier alpha value is -0.810. The molecule has 110 valence electrons. The highest BCUT2D eigenvalue weighted by atomic mass is 16.6. The van der Waals surface area contributed by atoms with E-state index in [1.54, 1.807) is 0 Å². The second-order valence-corrected chi connectivity index (χ2v) is 6.73. The van der Waals surface area contributed by atoms with Crippen molar-refractivity contribution in [2.24, 2.45) is 5.41 Å². The monoisotopic (exact) mass is 270 g/mol. The molecule has 2 heterocycles. The zero-order valence-corrected chi connectivity index (χ0v) is 12.3. The molecule has 1 spiro atoms. The van der Waals surface area contributed by atoms with Gasteiger partial charge in [0.15, 0.2) is 0 Å². The molecule has 2 rings (SSSR count). The van der Waals surface area contributed by atoms with Gasteiger partial charge in [0.05, 0.1) is 13.2 Å².